The molecule has 0 aromatic heterocycles. The molecule has 166 valence electrons. The smallest absolute Gasteiger partial charge is 0.422 e. The maximum Gasteiger partial charge on any atom is 0.422 e. The van der Waals surface area contributed by atoms with Crippen LogP contribution in [-0.2, 0) is 11.3 Å². The normalized spacial score (nSPS) is 12.1. The first-order valence-corrected chi connectivity index (χ1v) is 9.02. The summed E-state index contributed by atoms with van der Waals surface area (Å²) in [5.41, 5.74) is 0.676. The first kappa shape index (κ1) is 27.3. The standard InChI is InChI=1S/C19H29F3N4O2.HI/c1-6-24-17(26-11-18(3,4)16(27)23-5)25-10-14-8-7-13(2)9-15(14)28-12-19(20,21)22;/h7-9H,6,10-12H2,1-5H3,(H,23,27)(H2,24,25,26);1H. The molecule has 3 N–H and O–H groups in total. The van der Waals surface area contributed by atoms with Gasteiger partial charge >= 0.3 is 6.18 Å². The third-order valence-corrected chi connectivity index (χ3v) is 3.91. The third-order valence-electron chi connectivity index (χ3n) is 3.91. The highest BCUT2D eigenvalue weighted by atomic mass is 127. The van der Waals surface area contributed by atoms with Crippen molar-refractivity contribution in [3.05, 3.63) is 29.3 Å². The summed E-state index contributed by atoms with van der Waals surface area (Å²) < 4.78 is 42.4. The molecule has 0 heterocycles. The summed E-state index contributed by atoms with van der Waals surface area (Å²) in [6.45, 7) is 6.97. The van der Waals surface area contributed by atoms with E-state index in [-0.39, 0.29) is 42.2 Å². The molecule has 0 aliphatic carbocycles. The molecule has 0 radical (unpaired) electrons. The van der Waals surface area contributed by atoms with E-state index in [2.05, 4.69) is 20.9 Å². The summed E-state index contributed by atoms with van der Waals surface area (Å²) in [6, 6.07) is 5.05. The molecule has 6 nitrogen and oxygen atoms in total. The largest absolute Gasteiger partial charge is 0.484 e. The second kappa shape index (κ2) is 12.1. The van der Waals surface area contributed by atoms with Crippen LogP contribution in [0.25, 0.3) is 0 Å². The molecule has 1 rings (SSSR count). The molecule has 0 atom stereocenters. The van der Waals surface area contributed by atoms with Gasteiger partial charge in [-0.3, -0.25) is 4.79 Å². The maximum absolute atomic E-state index is 12.5. The van der Waals surface area contributed by atoms with Crippen LogP contribution in [0.3, 0.4) is 0 Å². The van der Waals surface area contributed by atoms with Crippen LogP contribution in [0.5, 0.6) is 5.75 Å². The van der Waals surface area contributed by atoms with Crippen LogP contribution in [0.4, 0.5) is 13.2 Å². The van der Waals surface area contributed by atoms with E-state index in [0.717, 1.165) is 5.56 Å². The van der Waals surface area contributed by atoms with Gasteiger partial charge in [-0.05, 0) is 39.3 Å². The minimum atomic E-state index is -4.41. The van der Waals surface area contributed by atoms with Gasteiger partial charge in [0.1, 0.15) is 5.75 Å². The number of benzene rings is 1. The Morgan fingerprint density at radius 1 is 1.21 bits per heavy atom. The first-order chi connectivity index (χ1) is 13.0. The number of hydrogen-bond acceptors (Lipinski definition) is 3. The third kappa shape index (κ3) is 10.0. The van der Waals surface area contributed by atoms with Crippen LogP contribution in [0.1, 0.15) is 31.9 Å². The molecule has 10 heteroatoms. The number of hydrogen-bond donors (Lipinski definition) is 3. The quantitative estimate of drug-likeness (QED) is 0.274. The Morgan fingerprint density at radius 3 is 2.41 bits per heavy atom. The zero-order valence-electron chi connectivity index (χ0n) is 17.4. The van der Waals surface area contributed by atoms with Gasteiger partial charge in [-0.25, -0.2) is 4.99 Å². The summed E-state index contributed by atoms with van der Waals surface area (Å²) in [7, 11) is 1.57. The van der Waals surface area contributed by atoms with E-state index in [9.17, 15) is 18.0 Å². The van der Waals surface area contributed by atoms with Crippen LogP contribution in [0.2, 0.25) is 0 Å². The van der Waals surface area contributed by atoms with Crippen LogP contribution in [0, 0.1) is 12.3 Å². The lowest BCUT2D eigenvalue weighted by molar-refractivity contribution is -0.153. The monoisotopic (exact) mass is 530 g/mol. The highest BCUT2D eigenvalue weighted by molar-refractivity contribution is 14.0. The van der Waals surface area contributed by atoms with E-state index in [1.165, 1.54) is 0 Å². The van der Waals surface area contributed by atoms with Crippen molar-refractivity contribution in [1.82, 2.24) is 16.0 Å². The molecule has 29 heavy (non-hydrogen) atoms. The van der Waals surface area contributed by atoms with Crippen LogP contribution in [-0.4, -0.2) is 44.8 Å². The molecule has 1 amide bonds. The number of guanidine groups is 1. The Kier molecular flexibility index (Phi) is 11.4. The second-order valence-corrected chi connectivity index (χ2v) is 7.03. The fourth-order valence-electron chi connectivity index (χ4n) is 2.32. The topological polar surface area (TPSA) is 74.8 Å². The van der Waals surface area contributed by atoms with Crippen molar-refractivity contribution in [3.63, 3.8) is 0 Å². The number of carbonyl (C=O) groups excluding carboxylic acids is 1. The first-order valence-electron chi connectivity index (χ1n) is 9.02. The van der Waals surface area contributed by atoms with Gasteiger partial charge < -0.3 is 20.7 Å². The highest BCUT2D eigenvalue weighted by Crippen LogP contribution is 2.24. The van der Waals surface area contributed by atoms with Gasteiger partial charge in [0.05, 0.1) is 12.0 Å². The molecule has 0 bridgehead atoms. The van der Waals surface area contributed by atoms with E-state index in [0.29, 0.717) is 24.6 Å². The molecular formula is C19H30F3IN4O2. The number of amides is 1. The van der Waals surface area contributed by atoms with Crippen molar-refractivity contribution < 1.29 is 22.7 Å². The summed E-state index contributed by atoms with van der Waals surface area (Å²) in [5.74, 6) is 0.502. The fourth-order valence-corrected chi connectivity index (χ4v) is 2.32. The zero-order chi connectivity index (χ0) is 21.4. The average molecular weight is 530 g/mol. The van der Waals surface area contributed by atoms with Crippen molar-refractivity contribution in [2.45, 2.75) is 40.4 Å². The lowest BCUT2D eigenvalue weighted by Gasteiger charge is -2.24. The number of aryl methyl sites for hydroxylation is 1. The van der Waals surface area contributed by atoms with Gasteiger partial charge in [0.25, 0.3) is 0 Å². The molecule has 0 saturated heterocycles. The Balaban J connectivity index is 0.00000784. The van der Waals surface area contributed by atoms with Gasteiger partial charge in [0.15, 0.2) is 12.6 Å². The number of nitrogens with zero attached hydrogens (tertiary/aromatic N) is 1. The van der Waals surface area contributed by atoms with E-state index in [4.69, 9.17) is 4.74 Å². The van der Waals surface area contributed by atoms with E-state index < -0.39 is 18.2 Å². The van der Waals surface area contributed by atoms with Crippen molar-refractivity contribution in [1.29, 1.82) is 0 Å². The molecule has 1 aromatic carbocycles. The zero-order valence-corrected chi connectivity index (χ0v) is 19.7. The van der Waals surface area contributed by atoms with Gasteiger partial charge in [-0.1, -0.05) is 12.1 Å². The number of ether oxygens (including phenoxy) is 1. The number of carbonyl (C=O) groups is 1. The fraction of sp³-hybridized carbons (Fsp3) is 0.579. The number of halogens is 4. The Morgan fingerprint density at radius 2 is 1.86 bits per heavy atom. The molecule has 0 saturated carbocycles. The summed E-state index contributed by atoms with van der Waals surface area (Å²) in [5, 5.41) is 8.76. The maximum atomic E-state index is 12.5. The highest BCUT2D eigenvalue weighted by Gasteiger charge is 2.29. The van der Waals surface area contributed by atoms with Gasteiger partial charge in [0.2, 0.25) is 5.91 Å². The van der Waals surface area contributed by atoms with Crippen molar-refractivity contribution in [2.24, 2.45) is 10.4 Å². The molecule has 0 unspecified atom stereocenters. The molecule has 1 aromatic rings. The Bertz CT molecular complexity index is 695. The summed E-state index contributed by atoms with van der Waals surface area (Å²) in [4.78, 5) is 16.3. The van der Waals surface area contributed by atoms with Crippen LogP contribution in [0.15, 0.2) is 23.2 Å². The minimum Gasteiger partial charge on any atom is -0.484 e. The summed E-state index contributed by atoms with van der Waals surface area (Å²) >= 11 is 0. The van der Waals surface area contributed by atoms with Crippen molar-refractivity contribution in [3.8, 4) is 5.75 Å². The number of alkyl halides is 3. The van der Waals surface area contributed by atoms with Gasteiger partial charge in [0, 0.05) is 25.7 Å². The minimum absolute atomic E-state index is 0. The molecular weight excluding hydrogens is 500 g/mol. The predicted molar refractivity (Wildman–Crippen MR) is 119 cm³/mol. The summed E-state index contributed by atoms with van der Waals surface area (Å²) in [6.07, 6.45) is -4.41. The molecule has 0 spiro atoms. The second-order valence-electron chi connectivity index (χ2n) is 7.03. The average Bonchev–Trinajstić information content (AvgIpc) is 2.61. The number of rotatable bonds is 8. The SMILES string of the molecule is CCNC(=NCc1ccc(C)cc1OCC(F)(F)F)NCC(C)(C)C(=O)NC.I. The van der Waals surface area contributed by atoms with E-state index in [1.54, 1.807) is 46.0 Å². The molecule has 0 aliphatic rings. The van der Waals surface area contributed by atoms with Crippen molar-refractivity contribution >= 4 is 35.8 Å². The number of nitrogens with one attached hydrogen (secondary N) is 3. The van der Waals surface area contributed by atoms with E-state index >= 15 is 0 Å². The Hall–Kier alpha value is -1.72. The van der Waals surface area contributed by atoms with Crippen LogP contribution < -0.4 is 20.7 Å². The molecule has 0 fully saturated rings. The van der Waals surface area contributed by atoms with Gasteiger partial charge in [-0.2, -0.15) is 13.2 Å². The number of aliphatic imine (C=N–C) groups is 1. The Labute approximate surface area is 187 Å². The van der Waals surface area contributed by atoms with Gasteiger partial charge in [-0.15, -0.1) is 24.0 Å². The van der Waals surface area contributed by atoms with Crippen molar-refractivity contribution in [2.75, 3.05) is 26.7 Å². The lowest BCUT2D eigenvalue weighted by Crippen LogP contribution is -2.47. The predicted octanol–water partition coefficient (Wildman–Crippen LogP) is 3.38. The van der Waals surface area contributed by atoms with E-state index in [1.807, 2.05) is 6.92 Å². The lowest BCUT2D eigenvalue weighted by atomic mass is 9.92. The molecule has 0 aliphatic heterocycles. The van der Waals surface area contributed by atoms with Crippen LogP contribution >= 0.6 is 24.0 Å².